The zero-order chi connectivity index (χ0) is 54.5. The molecule has 1 N–H and O–H groups in total. The number of ether oxygens (including phenoxy) is 3. The van der Waals surface area contributed by atoms with Crippen molar-refractivity contribution in [1.29, 1.82) is 0 Å². The number of rotatable bonds is 16. The molecule has 0 radical (unpaired) electrons. The zero-order valence-corrected chi connectivity index (χ0v) is 45.9. The monoisotopic (exact) mass is 1040 g/mol. The molecule has 0 bridgehead atoms. The standard InChI is InChI=1S/C35H46FN5O4Si.C22H19FN4O2/c1-12-44-30-16-13-25(19-37-30)41(34(43)45-35(9,10)11)29-15-14-26(32(36)39-29)31(42)28-20-40(33-27(28)17-24(8)18-38-33)46(21(2)3,22(4)5)23(6)7;1-3-29-19-7-4-14(11-24-19)9-15-5-6-16(21(23)27-15)20(28)18-12-26-22-17(18)8-13(2)10-25-22/h13-23H,12H2,1-11H3;4-8,10-12H,3,9H2,1-2H3,(H,25,26). The van der Waals surface area contributed by atoms with Gasteiger partial charge >= 0.3 is 6.09 Å². The molecule has 0 fully saturated rings. The molecule has 0 atom stereocenters. The van der Waals surface area contributed by atoms with Gasteiger partial charge in [-0.2, -0.15) is 8.78 Å². The van der Waals surface area contributed by atoms with Gasteiger partial charge in [-0.1, -0.05) is 47.6 Å². The van der Waals surface area contributed by atoms with E-state index >= 15 is 4.39 Å². The van der Waals surface area contributed by atoms with E-state index in [1.807, 2.05) is 58.3 Å². The Bertz CT molecular complexity index is 3330. The van der Waals surface area contributed by atoms with Crippen LogP contribution < -0.4 is 14.4 Å². The summed E-state index contributed by atoms with van der Waals surface area (Å²) in [5.74, 6) is -1.86. The van der Waals surface area contributed by atoms with Gasteiger partial charge in [-0.3, -0.25) is 9.59 Å². The zero-order valence-electron chi connectivity index (χ0n) is 44.9. The highest BCUT2D eigenvalue weighted by molar-refractivity contribution is 6.82. The number of hydrogen-bond acceptors (Lipinski definition) is 12. The SMILES string of the molecule is CCOc1ccc(Cc2ccc(C(=O)c3c[nH]c4ncc(C)cc34)c(F)n2)cn1.CCOc1ccc(N(C(=O)OC(C)(C)C)c2ccc(C(=O)c3cn([Si](C(C)C)(C(C)C)C(C)C)c4ncc(C)cc34)c(F)n2)cn1. The van der Waals surface area contributed by atoms with Crippen LogP contribution in [0.15, 0.2) is 97.8 Å². The summed E-state index contributed by atoms with van der Waals surface area (Å²) in [7, 11) is -2.31. The molecular formula is C57H65F2N9O6Si. The average Bonchev–Trinajstić information content (AvgIpc) is 3.93. The molecular weight excluding hydrogens is 973 g/mol. The van der Waals surface area contributed by atoms with Crippen LogP contribution in [0.1, 0.15) is 130 Å². The Morgan fingerprint density at radius 3 is 1.80 bits per heavy atom. The van der Waals surface area contributed by atoms with Gasteiger partial charge in [0.05, 0.1) is 36.2 Å². The van der Waals surface area contributed by atoms with Crippen LogP contribution in [0.5, 0.6) is 11.8 Å². The van der Waals surface area contributed by atoms with Crippen molar-refractivity contribution in [1.82, 2.24) is 39.1 Å². The minimum absolute atomic E-state index is 0.0555. The van der Waals surface area contributed by atoms with Crippen molar-refractivity contribution in [3.8, 4) is 11.8 Å². The predicted molar refractivity (Wildman–Crippen MR) is 289 cm³/mol. The molecule has 8 aromatic heterocycles. The number of fused-ring (bicyclic) bond motifs is 2. The minimum Gasteiger partial charge on any atom is -0.478 e. The molecule has 8 rings (SSSR count). The third-order valence-electron chi connectivity index (χ3n) is 12.9. The summed E-state index contributed by atoms with van der Waals surface area (Å²) in [6.45, 7) is 27.2. The lowest BCUT2D eigenvalue weighted by Gasteiger charge is -2.44. The number of aromatic nitrogens is 8. The fourth-order valence-electron chi connectivity index (χ4n) is 9.90. The van der Waals surface area contributed by atoms with Gasteiger partial charge < -0.3 is 23.4 Å². The summed E-state index contributed by atoms with van der Waals surface area (Å²) in [6, 6.07) is 16.6. The molecule has 0 aromatic carbocycles. The van der Waals surface area contributed by atoms with Crippen LogP contribution in [0.3, 0.4) is 0 Å². The normalized spacial score (nSPS) is 11.8. The highest BCUT2D eigenvalue weighted by atomic mass is 28.3. The smallest absolute Gasteiger partial charge is 0.420 e. The summed E-state index contributed by atoms with van der Waals surface area (Å²) in [4.78, 5) is 70.1. The van der Waals surface area contributed by atoms with Gasteiger partial charge in [0.2, 0.25) is 23.7 Å². The molecule has 0 aliphatic carbocycles. The van der Waals surface area contributed by atoms with Crippen molar-refractivity contribution < 1.29 is 37.4 Å². The fourth-order valence-corrected chi connectivity index (χ4v) is 16.5. The number of carbonyl (C=O) groups is 3. The van der Waals surface area contributed by atoms with Crippen LogP contribution in [0.4, 0.5) is 25.1 Å². The molecule has 0 spiro atoms. The fraction of sp³-hybridized carbons (Fsp3) is 0.351. The lowest BCUT2D eigenvalue weighted by Crippen LogP contribution is -2.51. The molecule has 8 heterocycles. The molecule has 75 heavy (non-hydrogen) atoms. The summed E-state index contributed by atoms with van der Waals surface area (Å²) in [6.07, 6.45) is 9.69. The molecule has 392 valence electrons. The Kier molecular flexibility index (Phi) is 16.7. The van der Waals surface area contributed by atoms with E-state index in [0.717, 1.165) is 27.2 Å². The Balaban J connectivity index is 0.000000242. The molecule has 0 saturated carbocycles. The molecule has 18 heteroatoms. The van der Waals surface area contributed by atoms with E-state index in [9.17, 15) is 18.8 Å². The van der Waals surface area contributed by atoms with Crippen LogP contribution in [-0.2, 0) is 11.2 Å². The number of amides is 1. The largest absolute Gasteiger partial charge is 0.478 e. The number of pyridine rings is 6. The first-order valence-corrected chi connectivity index (χ1v) is 27.3. The van der Waals surface area contributed by atoms with Crippen LogP contribution >= 0.6 is 0 Å². The van der Waals surface area contributed by atoms with Gasteiger partial charge in [0.15, 0.2) is 19.8 Å². The first kappa shape index (κ1) is 55.0. The maximum Gasteiger partial charge on any atom is 0.420 e. The lowest BCUT2D eigenvalue weighted by atomic mass is 10.0. The number of hydrogen-bond donors (Lipinski definition) is 1. The molecule has 0 aliphatic rings. The van der Waals surface area contributed by atoms with E-state index in [2.05, 4.69) is 75.7 Å². The summed E-state index contributed by atoms with van der Waals surface area (Å²) in [5, 5.41) is 1.35. The molecule has 15 nitrogen and oxygen atoms in total. The van der Waals surface area contributed by atoms with Crippen LogP contribution in [0.2, 0.25) is 16.6 Å². The van der Waals surface area contributed by atoms with Gasteiger partial charge in [0, 0.05) is 77.1 Å². The van der Waals surface area contributed by atoms with Crippen molar-refractivity contribution in [2.24, 2.45) is 0 Å². The van der Waals surface area contributed by atoms with E-state index in [4.69, 9.17) is 19.2 Å². The van der Waals surface area contributed by atoms with Gasteiger partial charge in [-0.05, 0) is 124 Å². The molecule has 0 unspecified atom stereocenters. The van der Waals surface area contributed by atoms with E-state index in [-0.39, 0.29) is 16.9 Å². The maximum absolute atomic E-state index is 16.0. The van der Waals surface area contributed by atoms with Crippen molar-refractivity contribution in [2.75, 3.05) is 18.1 Å². The van der Waals surface area contributed by atoms with Gasteiger partial charge in [0.1, 0.15) is 22.7 Å². The third-order valence-corrected chi connectivity index (χ3v) is 19.6. The van der Waals surface area contributed by atoms with Gasteiger partial charge in [-0.25, -0.2) is 39.6 Å². The molecule has 0 saturated heterocycles. The number of nitrogens with zero attached hydrogens (tertiary/aromatic N) is 8. The number of carbonyl (C=O) groups excluding carboxylic acids is 3. The summed E-state index contributed by atoms with van der Waals surface area (Å²) >= 11 is 0. The molecule has 0 aliphatic heterocycles. The second-order valence-corrected chi connectivity index (χ2v) is 26.0. The van der Waals surface area contributed by atoms with Gasteiger partial charge in [0.25, 0.3) is 0 Å². The van der Waals surface area contributed by atoms with Crippen LogP contribution in [0, 0.1) is 25.7 Å². The van der Waals surface area contributed by atoms with Crippen molar-refractivity contribution in [2.45, 2.75) is 119 Å². The second-order valence-electron chi connectivity index (χ2n) is 20.3. The number of ketones is 2. The summed E-state index contributed by atoms with van der Waals surface area (Å²) < 4.78 is 49.2. The second kappa shape index (κ2) is 22.8. The molecule has 1 amide bonds. The third kappa shape index (κ3) is 11.8. The lowest BCUT2D eigenvalue weighted by molar-refractivity contribution is 0.0597. The Morgan fingerprint density at radius 2 is 1.25 bits per heavy atom. The highest BCUT2D eigenvalue weighted by Gasteiger charge is 2.47. The molecule has 8 aromatic rings. The Labute approximate surface area is 437 Å². The quantitative estimate of drug-likeness (QED) is 0.0550. The highest BCUT2D eigenvalue weighted by Crippen LogP contribution is 2.45. The first-order valence-electron chi connectivity index (χ1n) is 25.1. The Hall–Kier alpha value is -7.73. The van der Waals surface area contributed by atoms with Crippen molar-refractivity contribution in [3.05, 3.63) is 154 Å². The number of nitrogens with one attached hydrogen (secondary N) is 1. The van der Waals surface area contributed by atoms with Gasteiger partial charge in [-0.15, -0.1) is 0 Å². The van der Waals surface area contributed by atoms with E-state index in [0.29, 0.717) is 86.9 Å². The first-order chi connectivity index (χ1) is 35.6. The minimum atomic E-state index is -2.31. The maximum atomic E-state index is 16.0. The number of aromatic amines is 1. The average molecular weight is 1040 g/mol. The van der Waals surface area contributed by atoms with E-state index in [1.165, 1.54) is 24.4 Å². The van der Waals surface area contributed by atoms with Crippen LogP contribution in [0.25, 0.3) is 22.1 Å². The van der Waals surface area contributed by atoms with Crippen molar-refractivity contribution >= 4 is 59.5 Å². The number of aryl methyl sites for hydroxylation is 2. The summed E-state index contributed by atoms with van der Waals surface area (Å²) in [5.41, 5.74) is 5.53. The topological polar surface area (TPSA) is 180 Å². The number of halogens is 2. The van der Waals surface area contributed by atoms with E-state index < -0.39 is 43.4 Å². The van der Waals surface area contributed by atoms with E-state index in [1.54, 1.807) is 63.6 Å². The predicted octanol–water partition coefficient (Wildman–Crippen LogP) is 13.0. The number of H-pyrrole nitrogens is 1. The number of anilines is 2. The van der Waals surface area contributed by atoms with Crippen LogP contribution in [-0.4, -0.2) is 83.8 Å². The Morgan fingerprint density at radius 1 is 0.680 bits per heavy atom. The van der Waals surface area contributed by atoms with Crippen molar-refractivity contribution in [3.63, 3.8) is 0 Å².